The molecule has 124 valence electrons. The highest BCUT2D eigenvalue weighted by molar-refractivity contribution is 7.99. The lowest BCUT2D eigenvalue weighted by Gasteiger charge is -2.21. The van der Waals surface area contributed by atoms with Gasteiger partial charge in [-0.2, -0.15) is 0 Å². The van der Waals surface area contributed by atoms with Gasteiger partial charge in [-0.15, -0.1) is 0 Å². The number of carbonyl (C=O) groups is 1. The number of halogens is 1. The molecule has 2 N–H and O–H groups in total. The van der Waals surface area contributed by atoms with Gasteiger partial charge in [-0.1, -0.05) is 23.4 Å². The fourth-order valence-electron chi connectivity index (χ4n) is 3.47. The standard InChI is InChI=1S/C18H18ClN3OS/c19-12-7-8-20-17(9-12)24-14-4-1-11(2-5-14)18(23)22-16-10-13-3-6-15(16)21-13/h1-2,4-5,7-9,13,15-16,21H,3,6,10H2,(H,22,23)/t13-,15+,16-/m1/s1. The van der Waals surface area contributed by atoms with Crippen molar-refractivity contribution in [3.05, 3.63) is 53.2 Å². The molecule has 0 saturated carbocycles. The molecule has 2 saturated heterocycles. The van der Waals surface area contributed by atoms with Gasteiger partial charge in [0.1, 0.15) is 5.03 Å². The highest BCUT2D eigenvalue weighted by Gasteiger charge is 2.39. The van der Waals surface area contributed by atoms with E-state index in [0.717, 1.165) is 22.8 Å². The van der Waals surface area contributed by atoms with Gasteiger partial charge >= 0.3 is 0 Å². The highest BCUT2D eigenvalue weighted by Crippen LogP contribution is 2.29. The molecular weight excluding hydrogens is 342 g/mol. The largest absolute Gasteiger partial charge is 0.348 e. The summed E-state index contributed by atoms with van der Waals surface area (Å²) in [5.41, 5.74) is 0.696. The average Bonchev–Trinajstić information content (AvgIpc) is 3.18. The summed E-state index contributed by atoms with van der Waals surface area (Å²) >= 11 is 7.50. The molecule has 2 aromatic rings. The quantitative estimate of drug-likeness (QED) is 0.877. The summed E-state index contributed by atoms with van der Waals surface area (Å²) in [6, 6.07) is 12.5. The maximum absolute atomic E-state index is 12.4. The number of nitrogens with one attached hydrogen (secondary N) is 2. The molecule has 1 aromatic carbocycles. The zero-order valence-corrected chi connectivity index (χ0v) is 14.6. The number of hydrogen-bond donors (Lipinski definition) is 2. The first-order valence-corrected chi connectivity index (χ1v) is 9.33. The minimum Gasteiger partial charge on any atom is -0.348 e. The summed E-state index contributed by atoms with van der Waals surface area (Å²) in [5, 5.41) is 8.21. The molecule has 2 fully saturated rings. The second kappa shape index (κ2) is 6.75. The van der Waals surface area contributed by atoms with Crippen LogP contribution in [-0.2, 0) is 0 Å². The summed E-state index contributed by atoms with van der Waals surface area (Å²) in [5.74, 6) is 0.00628. The van der Waals surface area contributed by atoms with Crippen LogP contribution >= 0.6 is 23.4 Å². The molecule has 0 radical (unpaired) electrons. The second-order valence-corrected chi connectivity index (χ2v) is 7.83. The zero-order chi connectivity index (χ0) is 16.5. The first-order chi connectivity index (χ1) is 11.7. The Hall–Kier alpha value is -1.56. The Morgan fingerprint density at radius 1 is 1.25 bits per heavy atom. The monoisotopic (exact) mass is 359 g/mol. The molecule has 6 heteroatoms. The number of aromatic nitrogens is 1. The van der Waals surface area contributed by atoms with Crippen molar-refractivity contribution in [1.82, 2.24) is 15.6 Å². The van der Waals surface area contributed by atoms with Crippen molar-refractivity contribution >= 4 is 29.3 Å². The van der Waals surface area contributed by atoms with E-state index in [2.05, 4.69) is 15.6 Å². The number of rotatable bonds is 4. The minimum atomic E-state index is 0.00628. The van der Waals surface area contributed by atoms with Crippen LogP contribution in [0.5, 0.6) is 0 Å². The molecule has 2 aliphatic rings. The molecule has 0 spiro atoms. The molecule has 4 rings (SSSR count). The molecule has 4 nitrogen and oxygen atoms in total. The molecule has 0 unspecified atom stereocenters. The van der Waals surface area contributed by atoms with Crippen molar-refractivity contribution < 1.29 is 4.79 Å². The lowest BCUT2D eigenvalue weighted by Crippen LogP contribution is -2.42. The SMILES string of the molecule is O=C(N[C@@H]1C[C@H]2CC[C@@H]1N2)c1ccc(Sc2cc(Cl)ccn2)cc1. The van der Waals surface area contributed by atoms with Gasteiger partial charge in [-0.05, 0) is 55.7 Å². The van der Waals surface area contributed by atoms with Crippen LogP contribution in [0.1, 0.15) is 29.6 Å². The maximum atomic E-state index is 12.4. The topological polar surface area (TPSA) is 54.0 Å². The number of benzene rings is 1. The van der Waals surface area contributed by atoms with Crippen molar-refractivity contribution in [3.63, 3.8) is 0 Å². The van der Waals surface area contributed by atoms with E-state index in [0.29, 0.717) is 22.7 Å². The first-order valence-electron chi connectivity index (χ1n) is 8.14. The zero-order valence-electron chi connectivity index (χ0n) is 13.0. The summed E-state index contributed by atoms with van der Waals surface area (Å²) in [7, 11) is 0. The van der Waals surface area contributed by atoms with E-state index in [1.54, 1.807) is 12.3 Å². The van der Waals surface area contributed by atoms with Gasteiger partial charge in [0, 0.05) is 39.8 Å². The third-order valence-corrected chi connectivity index (χ3v) is 5.83. The Balaban J connectivity index is 1.39. The number of nitrogens with zero attached hydrogens (tertiary/aromatic N) is 1. The van der Waals surface area contributed by atoms with Gasteiger partial charge in [0.2, 0.25) is 0 Å². The Bertz CT molecular complexity index is 752. The van der Waals surface area contributed by atoms with Crippen molar-refractivity contribution in [2.75, 3.05) is 0 Å². The van der Waals surface area contributed by atoms with Crippen LogP contribution in [0.15, 0.2) is 52.5 Å². The predicted octanol–water partition coefficient (Wildman–Crippen LogP) is 3.51. The van der Waals surface area contributed by atoms with Crippen molar-refractivity contribution in [2.45, 2.75) is 47.3 Å². The van der Waals surface area contributed by atoms with E-state index >= 15 is 0 Å². The minimum absolute atomic E-state index is 0.00628. The number of pyridine rings is 1. The summed E-state index contributed by atoms with van der Waals surface area (Å²) < 4.78 is 0. The molecule has 3 heterocycles. The summed E-state index contributed by atoms with van der Waals surface area (Å²) in [6.07, 6.45) is 5.14. The second-order valence-electron chi connectivity index (χ2n) is 6.30. The summed E-state index contributed by atoms with van der Waals surface area (Å²) in [6.45, 7) is 0. The van der Waals surface area contributed by atoms with Gasteiger partial charge in [0.25, 0.3) is 5.91 Å². The maximum Gasteiger partial charge on any atom is 0.251 e. The Labute approximate surface area is 150 Å². The van der Waals surface area contributed by atoms with Crippen LogP contribution in [0.4, 0.5) is 0 Å². The normalized spacial score (nSPS) is 25.0. The van der Waals surface area contributed by atoms with E-state index in [1.165, 1.54) is 18.2 Å². The van der Waals surface area contributed by atoms with Gasteiger partial charge < -0.3 is 10.6 Å². The predicted molar refractivity (Wildman–Crippen MR) is 95.6 cm³/mol. The number of amides is 1. The number of hydrogen-bond acceptors (Lipinski definition) is 4. The first kappa shape index (κ1) is 15.9. The molecule has 1 amide bonds. The smallest absolute Gasteiger partial charge is 0.251 e. The fourth-order valence-corrected chi connectivity index (χ4v) is 4.51. The number of carbonyl (C=O) groups excluding carboxylic acids is 1. The molecule has 2 bridgehead atoms. The van der Waals surface area contributed by atoms with E-state index in [4.69, 9.17) is 11.6 Å². The van der Waals surface area contributed by atoms with Crippen LogP contribution in [0.2, 0.25) is 5.02 Å². The fraction of sp³-hybridized carbons (Fsp3) is 0.333. The Morgan fingerprint density at radius 2 is 2.08 bits per heavy atom. The average molecular weight is 360 g/mol. The van der Waals surface area contributed by atoms with Gasteiger partial charge in [0.15, 0.2) is 0 Å². The van der Waals surface area contributed by atoms with Crippen LogP contribution in [0.3, 0.4) is 0 Å². The Morgan fingerprint density at radius 3 is 2.75 bits per heavy atom. The summed E-state index contributed by atoms with van der Waals surface area (Å²) in [4.78, 5) is 17.7. The van der Waals surface area contributed by atoms with Crippen LogP contribution in [-0.4, -0.2) is 29.0 Å². The molecule has 2 aliphatic heterocycles. The number of fused-ring (bicyclic) bond motifs is 2. The van der Waals surface area contributed by atoms with Gasteiger partial charge in [-0.3, -0.25) is 4.79 Å². The van der Waals surface area contributed by atoms with Crippen LogP contribution in [0.25, 0.3) is 0 Å². The lowest BCUT2D eigenvalue weighted by molar-refractivity contribution is 0.0931. The van der Waals surface area contributed by atoms with Gasteiger partial charge in [-0.25, -0.2) is 4.98 Å². The third-order valence-electron chi connectivity index (χ3n) is 4.65. The Kier molecular flexibility index (Phi) is 4.48. The van der Waals surface area contributed by atoms with Gasteiger partial charge in [0.05, 0.1) is 0 Å². The van der Waals surface area contributed by atoms with Crippen LogP contribution in [0, 0.1) is 0 Å². The highest BCUT2D eigenvalue weighted by atomic mass is 35.5. The molecule has 3 atom stereocenters. The molecule has 1 aromatic heterocycles. The van der Waals surface area contributed by atoms with Crippen molar-refractivity contribution in [3.8, 4) is 0 Å². The lowest BCUT2D eigenvalue weighted by atomic mass is 9.95. The van der Waals surface area contributed by atoms with E-state index in [9.17, 15) is 4.79 Å². The van der Waals surface area contributed by atoms with Crippen molar-refractivity contribution in [1.29, 1.82) is 0 Å². The third kappa shape index (κ3) is 3.43. The van der Waals surface area contributed by atoms with Crippen LogP contribution < -0.4 is 10.6 Å². The molecule has 24 heavy (non-hydrogen) atoms. The molecule has 0 aliphatic carbocycles. The molecular formula is C18H18ClN3OS. The van der Waals surface area contributed by atoms with E-state index < -0.39 is 0 Å². The van der Waals surface area contributed by atoms with E-state index in [-0.39, 0.29) is 11.9 Å². The van der Waals surface area contributed by atoms with E-state index in [1.807, 2.05) is 30.3 Å². The van der Waals surface area contributed by atoms with Crippen molar-refractivity contribution in [2.24, 2.45) is 0 Å².